The standard InChI is InChI=1S/C33H36N4O5/c38-32(15-10-24-8-12-28(13-9-24)37(40)41)35-27-11-14-31(30(22-27)33(39)34-23-29-7-4-20-42-29)36-18-16-26(17-19-36)21-25-5-2-1-3-6-25/h1-3,5-6,8-15,22,26,29H,4,7,16-21,23H2,(H,34,39)(H,35,38)/b15-10+/t29-/m1/s1. The third-order valence-corrected chi connectivity index (χ3v) is 7.88. The number of anilines is 2. The van der Waals surface area contributed by atoms with Crippen LogP contribution in [0.1, 0.15) is 47.2 Å². The molecular formula is C33H36N4O5. The molecule has 0 bridgehead atoms. The molecule has 9 heteroatoms. The summed E-state index contributed by atoms with van der Waals surface area (Å²) in [5.74, 6) is 0.0412. The average molecular weight is 569 g/mol. The quantitative estimate of drug-likeness (QED) is 0.187. The molecule has 42 heavy (non-hydrogen) atoms. The SMILES string of the molecule is O=C(/C=C/c1ccc([N+](=O)[O-])cc1)Nc1ccc(N2CCC(Cc3ccccc3)CC2)c(C(=O)NC[C@H]2CCCO2)c1. The fourth-order valence-electron chi connectivity index (χ4n) is 5.57. The van der Waals surface area contributed by atoms with Gasteiger partial charge in [0, 0.05) is 55.8 Å². The number of piperidine rings is 1. The van der Waals surface area contributed by atoms with E-state index >= 15 is 0 Å². The van der Waals surface area contributed by atoms with Gasteiger partial charge in [-0.2, -0.15) is 0 Å². The van der Waals surface area contributed by atoms with Crippen molar-refractivity contribution in [3.63, 3.8) is 0 Å². The lowest BCUT2D eigenvalue weighted by Crippen LogP contribution is -2.37. The number of rotatable bonds is 10. The van der Waals surface area contributed by atoms with Crippen LogP contribution in [-0.2, 0) is 16.0 Å². The summed E-state index contributed by atoms with van der Waals surface area (Å²) in [6.45, 7) is 2.88. The molecule has 0 saturated carbocycles. The van der Waals surface area contributed by atoms with Crippen LogP contribution in [0.3, 0.4) is 0 Å². The second-order valence-corrected chi connectivity index (χ2v) is 10.9. The van der Waals surface area contributed by atoms with Gasteiger partial charge in [-0.05, 0) is 85.6 Å². The smallest absolute Gasteiger partial charge is 0.269 e. The number of nitrogens with zero attached hydrogens (tertiary/aromatic N) is 2. The van der Waals surface area contributed by atoms with E-state index in [-0.39, 0.29) is 23.6 Å². The summed E-state index contributed by atoms with van der Waals surface area (Å²) in [5, 5.41) is 16.7. The van der Waals surface area contributed by atoms with Crippen LogP contribution in [-0.4, -0.2) is 49.1 Å². The van der Waals surface area contributed by atoms with Crippen molar-refractivity contribution in [2.24, 2.45) is 5.92 Å². The highest BCUT2D eigenvalue weighted by Gasteiger charge is 2.25. The molecule has 2 fully saturated rings. The normalized spacial score (nSPS) is 17.3. The molecule has 2 N–H and O–H groups in total. The highest BCUT2D eigenvalue weighted by molar-refractivity contribution is 6.05. The van der Waals surface area contributed by atoms with Crippen LogP contribution in [0.25, 0.3) is 6.08 Å². The maximum absolute atomic E-state index is 13.4. The summed E-state index contributed by atoms with van der Waals surface area (Å²) in [5.41, 5.74) is 3.90. The first kappa shape index (κ1) is 29.0. The molecule has 0 aliphatic carbocycles. The Kier molecular flexibility index (Phi) is 9.61. The van der Waals surface area contributed by atoms with Crippen molar-refractivity contribution in [1.82, 2.24) is 5.32 Å². The predicted octanol–water partition coefficient (Wildman–Crippen LogP) is 5.61. The molecule has 0 radical (unpaired) electrons. The van der Waals surface area contributed by atoms with E-state index in [2.05, 4.69) is 39.8 Å². The maximum Gasteiger partial charge on any atom is 0.269 e. The number of ether oxygens (including phenoxy) is 1. The summed E-state index contributed by atoms with van der Waals surface area (Å²) in [7, 11) is 0. The third kappa shape index (κ3) is 7.82. The Labute approximate surface area is 245 Å². The number of hydrogen-bond acceptors (Lipinski definition) is 6. The lowest BCUT2D eigenvalue weighted by Gasteiger charge is -2.35. The van der Waals surface area contributed by atoms with Crippen LogP contribution in [0.4, 0.5) is 17.1 Å². The number of nitro groups is 1. The van der Waals surface area contributed by atoms with E-state index < -0.39 is 4.92 Å². The minimum absolute atomic E-state index is 0.0117. The molecule has 3 aromatic carbocycles. The van der Waals surface area contributed by atoms with Crippen molar-refractivity contribution in [2.45, 2.75) is 38.2 Å². The Bertz CT molecular complexity index is 1410. The van der Waals surface area contributed by atoms with E-state index in [0.717, 1.165) is 57.5 Å². The summed E-state index contributed by atoms with van der Waals surface area (Å²) in [6.07, 6.45) is 8.04. The van der Waals surface area contributed by atoms with Crippen LogP contribution in [0.15, 0.2) is 78.9 Å². The first-order chi connectivity index (χ1) is 20.4. The summed E-state index contributed by atoms with van der Waals surface area (Å²) in [6, 6.07) is 22.0. The number of carbonyl (C=O) groups is 2. The zero-order chi connectivity index (χ0) is 29.3. The van der Waals surface area contributed by atoms with Gasteiger partial charge in [-0.15, -0.1) is 0 Å². The van der Waals surface area contributed by atoms with Gasteiger partial charge in [0.2, 0.25) is 5.91 Å². The lowest BCUT2D eigenvalue weighted by atomic mass is 9.89. The molecule has 1 atom stereocenters. The molecule has 2 aliphatic rings. The number of hydrogen-bond donors (Lipinski definition) is 2. The van der Waals surface area contributed by atoms with Crippen LogP contribution >= 0.6 is 0 Å². The Balaban J connectivity index is 1.27. The molecule has 218 valence electrons. The second-order valence-electron chi connectivity index (χ2n) is 10.9. The Morgan fingerprint density at radius 3 is 2.45 bits per heavy atom. The van der Waals surface area contributed by atoms with E-state index in [0.29, 0.717) is 29.3 Å². The Morgan fingerprint density at radius 2 is 1.76 bits per heavy atom. The highest BCUT2D eigenvalue weighted by atomic mass is 16.6. The number of benzene rings is 3. The van der Waals surface area contributed by atoms with Gasteiger partial charge >= 0.3 is 0 Å². The molecule has 5 rings (SSSR count). The predicted molar refractivity (Wildman–Crippen MR) is 164 cm³/mol. The first-order valence-electron chi connectivity index (χ1n) is 14.5. The molecule has 2 saturated heterocycles. The molecule has 3 aromatic rings. The number of carbonyl (C=O) groups excluding carboxylic acids is 2. The molecule has 0 spiro atoms. The molecule has 2 aliphatic heterocycles. The van der Waals surface area contributed by atoms with Gasteiger partial charge in [-0.3, -0.25) is 19.7 Å². The average Bonchev–Trinajstić information content (AvgIpc) is 3.54. The molecule has 9 nitrogen and oxygen atoms in total. The largest absolute Gasteiger partial charge is 0.376 e. The number of amides is 2. The minimum Gasteiger partial charge on any atom is -0.376 e. The van der Waals surface area contributed by atoms with Crippen molar-refractivity contribution in [1.29, 1.82) is 0 Å². The maximum atomic E-state index is 13.4. The highest BCUT2D eigenvalue weighted by Crippen LogP contribution is 2.30. The number of non-ortho nitro benzene ring substituents is 1. The van der Waals surface area contributed by atoms with E-state index in [4.69, 9.17) is 4.74 Å². The second kappa shape index (κ2) is 13.9. The fraction of sp³-hybridized carbons (Fsp3) is 0.333. The van der Waals surface area contributed by atoms with Crippen LogP contribution in [0.2, 0.25) is 0 Å². The van der Waals surface area contributed by atoms with Gasteiger partial charge in [-0.25, -0.2) is 0 Å². The zero-order valence-electron chi connectivity index (χ0n) is 23.5. The van der Waals surface area contributed by atoms with Crippen molar-refractivity contribution in [3.8, 4) is 0 Å². The van der Waals surface area contributed by atoms with E-state index in [1.807, 2.05) is 18.2 Å². The lowest BCUT2D eigenvalue weighted by molar-refractivity contribution is -0.384. The van der Waals surface area contributed by atoms with Crippen molar-refractivity contribution in [2.75, 3.05) is 36.5 Å². The number of nitrogens with one attached hydrogen (secondary N) is 2. The summed E-state index contributed by atoms with van der Waals surface area (Å²) < 4.78 is 5.68. The first-order valence-corrected chi connectivity index (χ1v) is 14.5. The van der Waals surface area contributed by atoms with Gasteiger partial charge in [0.15, 0.2) is 0 Å². The Morgan fingerprint density at radius 1 is 1.00 bits per heavy atom. The Hall–Kier alpha value is -4.50. The number of nitro benzene ring substituents is 1. The monoisotopic (exact) mass is 568 g/mol. The topological polar surface area (TPSA) is 114 Å². The molecule has 2 amide bonds. The van der Waals surface area contributed by atoms with Gasteiger partial charge in [0.25, 0.3) is 11.6 Å². The van der Waals surface area contributed by atoms with Gasteiger partial charge in [-0.1, -0.05) is 30.3 Å². The molecule has 2 heterocycles. The van der Waals surface area contributed by atoms with Gasteiger partial charge in [0.05, 0.1) is 16.6 Å². The minimum atomic E-state index is -0.467. The summed E-state index contributed by atoms with van der Waals surface area (Å²) in [4.78, 5) is 38.8. The van der Waals surface area contributed by atoms with Crippen molar-refractivity contribution >= 4 is 35.0 Å². The van der Waals surface area contributed by atoms with E-state index in [1.54, 1.807) is 24.3 Å². The van der Waals surface area contributed by atoms with E-state index in [1.165, 1.54) is 23.8 Å². The van der Waals surface area contributed by atoms with Crippen LogP contribution < -0.4 is 15.5 Å². The van der Waals surface area contributed by atoms with Crippen molar-refractivity contribution < 1.29 is 19.2 Å². The van der Waals surface area contributed by atoms with E-state index in [9.17, 15) is 19.7 Å². The zero-order valence-corrected chi connectivity index (χ0v) is 23.5. The molecule has 0 unspecified atom stereocenters. The van der Waals surface area contributed by atoms with Gasteiger partial charge < -0.3 is 20.3 Å². The van der Waals surface area contributed by atoms with Crippen LogP contribution in [0, 0.1) is 16.0 Å². The summed E-state index contributed by atoms with van der Waals surface area (Å²) >= 11 is 0. The molecule has 0 aromatic heterocycles. The fourth-order valence-corrected chi connectivity index (χ4v) is 5.57. The van der Waals surface area contributed by atoms with Crippen molar-refractivity contribution in [3.05, 3.63) is 106 Å². The molecular weight excluding hydrogens is 532 g/mol. The third-order valence-electron chi connectivity index (χ3n) is 7.88. The van der Waals surface area contributed by atoms with Crippen LogP contribution in [0.5, 0.6) is 0 Å². The van der Waals surface area contributed by atoms with Gasteiger partial charge in [0.1, 0.15) is 0 Å².